The van der Waals surface area contributed by atoms with Gasteiger partial charge in [-0.1, -0.05) is 25.1 Å². The fourth-order valence-corrected chi connectivity index (χ4v) is 7.27. The number of aliphatic hydroxyl groups excluding tert-OH is 2. The number of methoxy groups -OCH3 is 1. The number of hydrogen-bond donors (Lipinski definition) is 3. The van der Waals surface area contributed by atoms with E-state index in [2.05, 4.69) is 34.9 Å². The third-order valence-electron chi connectivity index (χ3n) is 8.23. The molecule has 2 unspecified atom stereocenters. The molecular weight excluding hydrogens is 356 g/mol. The average Bonchev–Trinajstić information content (AvgIpc) is 3.23. The van der Waals surface area contributed by atoms with Gasteiger partial charge < -0.3 is 25.0 Å². The zero-order chi connectivity index (χ0) is 19.9. The second-order valence-corrected chi connectivity index (χ2v) is 9.00. The zero-order valence-electron chi connectivity index (χ0n) is 16.8. The molecule has 1 saturated carbocycles. The van der Waals surface area contributed by atoms with Crippen LogP contribution in [0.15, 0.2) is 30.4 Å². The molecule has 3 N–H and O–H groups in total. The van der Waals surface area contributed by atoms with Crippen LogP contribution in [0.2, 0.25) is 0 Å². The predicted molar refractivity (Wildman–Crippen MR) is 107 cm³/mol. The Labute approximate surface area is 166 Å². The van der Waals surface area contributed by atoms with Gasteiger partial charge in [-0.25, -0.2) is 0 Å². The van der Waals surface area contributed by atoms with Crippen LogP contribution in [-0.4, -0.2) is 77.9 Å². The first-order valence-corrected chi connectivity index (χ1v) is 10.2. The fraction of sp³-hybridized carbons (Fsp3) is 0.636. The molecule has 152 valence electrons. The van der Waals surface area contributed by atoms with Crippen LogP contribution in [0.25, 0.3) is 0 Å². The molecular formula is C22H30N2O4. The van der Waals surface area contributed by atoms with E-state index in [1.165, 1.54) is 5.56 Å². The number of fused-ring (bicyclic) bond motifs is 1. The normalized spacial score (nSPS) is 43.6. The summed E-state index contributed by atoms with van der Waals surface area (Å²) in [7, 11) is 3.62. The second kappa shape index (κ2) is 5.72. The summed E-state index contributed by atoms with van der Waals surface area (Å²) in [5, 5.41) is 33.7. The van der Waals surface area contributed by atoms with E-state index in [9.17, 15) is 15.3 Å². The highest BCUT2D eigenvalue weighted by Gasteiger charge is 2.76. The van der Waals surface area contributed by atoms with Crippen LogP contribution in [0.5, 0.6) is 5.75 Å². The Hall–Kier alpha value is -1.60. The molecule has 1 aliphatic carbocycles. The van der Waals surface area contributed by atoms with Crippen molar-refractivity contribution in [2.24, 2.45) is 5.41 Å². The number of rotatable bonds is 3. The van der Waals surface area contributed by atoms with Gasteiger partial charge in [0.05, 0.1) is 25.9 Å². The van der Waals surface area contributed by atoms with Gasteiger partial charge in [0.2, 0.25) is 0 Å². The lowest BCUT2D eigenvalue weighted by atomic mass is 9.48. The summed E-state index contributed by atoms with van der Waals surface area (Å²) in [6.07, 6.45) is 4.79. The molecule has 1 saturated heterocycles. The maximum absolute atomic E-state index is 11.8. The van der Waals surface area contributed by atoms with Gasteiger partial charge >= 0.3 is 0 Å². The minimum Gasteiger partial charge on any atom is -0.497 e. The van der Waals surface area contributed by atoms with Crippen molar-refractivity contribution >= 4 is 5.69 Å². The van der Waals surface area contributed by atoms with Crippen molar-refractivity contribution in [3.8, 4) is 5.75 Å². The van der Waals surface area contributed by atoms with E-state index < -0.39 is 29.8 Å². The highest BCUT2D eigenvalue weighted by molar-refractivity contribution is 5.70. The van der Waals surface area contributed by atoms with Crippen molar-refractivity contribution in [1.82, 2.24) is 4.90 Å². The monoisotopic (exact) mass is 386 g/mol. The smallest absolute Gasteiger partial charge is 0.135 e. The Bertz CT molecular complexity index is 844. The van der Waals surface area contributed by atoms with Crippen LogP contribution in [0.4, 0.5) is 5.69 Å². The van der Waals surface area contributed by atoms with E-state index in [-0.39, 0.29) is 11.5 Å². The molecule has 1 aromatic carbocycles. The van der Waals surface area contributed by atoms with Gasteiger partial charge in [0.1, 0.15) is 11.4 Å². The molecule has 1 spiro atoms. The second-order valence-electron chi connectivity index (χ2n) is 9.00. The average molecular weight is 386 g/mol. The van der Waals surface area contributed by atoms with Crippen LogP contribution >= 0.6 is 0 Å². The third kappa shape index (κ3) is 1.79. The highest BCUT2D eigenvalue weighted by atomic mass is 16.5. The SMILES string of the molecule is CCC12C=CCN3CC[C@@]4(c5ccc(OC)cc5N(C)[C@H]4[C@@](O)(CO)[C@@H]1O)C32. The maximum Gasteiger partial charge on any atom is 0.135 e. The standard InChI is InChI=1S/C22H30N2O4/c1-4-20-8-5-10-24-11-9-21(17(20)24)15-7-6-14(28-3)12-16(15)23(2)18(21)22(27,13-25)19(20)26/h5-8,12,17-19,25-27H,4,9-11,13H2,1-3H3/t17?,18-,19-,20?,21-,22+/m1/s1. The summed E-state index contributed by atoms with van der Waals surface area (Å²) >= 11 is 0. The molecule has 3 aliphatic heterocycles. The van der Waals surface area contributed by atoms with E-state index in [4.69, 9.17) is 4.74 Å². The van der Waals surface area contributed by atoms with Crippen molar-refractivity contribution in [2.75, 3.05) is 38.8 Å². The minimum absolute atomic E-state index is 0.0823. The first-order valence-electron chi connectivity index (χ1n) is 10.2. The first-order chi connectivity index (χ1) is 13.4. The molecule has 0 amide bonds. The molecule has 6 atom stereocenters. The van der Waals surface area contributed by atoms with Crippen molar-refractivity contribution in [3.63, 3.8) is 0 Å². The van der Waals surface area contributed by atoms with Crippen LogP contribution < -0.4 is 9.64 Å². The van der Waals surface area contributed by atoms with Crippen LogP contribution in [-0.2, 0) is 5.41 Å². The van der Waals surface area contributed by atoms with Crippen LogP contribution in [0.1, 0.15) is 25.3 Å². The van der Waals surface area contributed by atoms with Gasteiger partial charge in [-0.15, -0.1) is 0 Å². The Morgan fingerprint density at radius 1 is 1.29 bits per heavy atom. The summed E-state index contributed by atoms with van der Waals surface area (Å²) in [6, 6.07) is 5.81. The van der Waals surface area contributed by atoms with Gasteiger partial charge in [0.15, 0.2) is 0 Å². The molecule has 3 heterocycles. The molecule has 0 aromatic heterocycles. The van der Waals surface area contributed by atoms with Gasteiger partial charge in [0.25, 0.3) is 0 Å². The number of hydrogen-bond acceptors (Lipinski definition) is 6. The minimum atomic E-state index is -1.62. The Morgan fingerprint density at radius 2 is 2.07 bits per heavy atom. The maximum atomic E-state index is 11.8. The molecule has 5 rings (SSSR count). The first kappa shape index (κ1) is 18.4. The lowest BCUT2D eigenvalue weighted by Crippen LogP contribution is -2.79. The number of anilines is 1. The summed E-state index contributed by atoms with van der Waals surface area (Å²) < 4.78 is 5.46. The zero-order valence-corrected chi connectivity index (χ0v) is 16.8. The van der Waals surface area contributed by atoms with E-state index in [1.807, 2.05) is 19.2 Å². The topological polar surface area (TPSA) is 76.4 Å². The summed E-state index contributed by atoms with van der Waals surface area (Å²) in [4.78, 5) is 4.53. The molecule has 6 heteroatoms. The van der Waals surface area contributed by atoms with Crippen LogP contribution in [0, 0.1) is 5.41 Å². The number of nitrogens with zero attached hydrogens (tertiary/aromatic N) is 2. The van der Waals surface area contributed by atoms with E-state index in [0.29, 0.717) is 6.42 Å². The lowest BCUT2D eigenvalue weighted by molar-refractivity contribution is -0.213. The molecule has 6 nitrogen and oxygen atoms in total. The number of likely N-dealkylation sites (N-methyl/N-ethyl adjacent to an activating group) is 1. The van der Waals surface area contributed by atoms with Gasteiger partial charge in [-0.2, -0.15) is 0 Å². The lowest BCUT2D eigenvalue weighted by Gasteiger charge is -2.63. The quantitative estimate of drug-likeness (QED) is 0.670. The molecule has 0 radical (unpaired) electrons. The van der Waals surface area contributed by atoms with E-state index in [0.717, 1.165) is 30.9 Å². The van der Waals surface area contributed by atoms with Crippen molar-refractivity contribution in [2.45, 2.75) is 49.0 Å². The number of benzene rings is 1. The summed E-state index contributed by atoms with van der Waals surface area (Å²) in [6.45, 7) is 3.38. The molecule has 0 bridgehead atoms. The molecule has 1 aromatic rings. The fourth-order valence-electron chi connectivity index (χ4n) is 7.27. The van der Waals surface area contributed by atoms with Crippen molar-refractivity contribution < 1.29 is 20.1 Å². The van der Waals surface area contributed by atoms with Crippen molar-refractivity contribution in [3.05, 3.63) is 35.9 Å². The Morgan fingerprint density at radius 3 is 2.75 bits per heavy atom. The predicted octanol–water partition coefficient (Wildman–Crippen LogP) is 0.890. The van der Waals surface area contributed by atoms with E-state index in [1.54, 1.807) is 7.11 Å². The van der Waals surface area contributed by atoms with Crippen molar-refractivity contribution in [1.29, 1.82) is 0 Å². The number of ether oxygens (including phenoxy) is 1. The highest BCUT2D eigenvalue weighted by Crippen LogP contribution is 2.66. The van der Waals surface area contributed by atoms with Gasteiger partial charge in [-0.05, 0) is 31.0 Å². The molecule has 2 fully saturated rings. The van der Waals surface area contributed by atoms with Gasteiger partial charge in [0, 0.05) is 42.2 Å². The third-order valence-corrected chi connectivity index (χ3v) is 8.23. The largest absolute Gasteiger partial charge is 0.497 e. The Balaban J connectivity index is 1.83. The van der Waals surface area contributed by atoms with Gasteiger partial charge in [-0.3, -0.25) is 4.90 Å². The van der Waals surface area contributed by atoms with Crippen LogP contribution in [0.3, 0.4) is 0 Å². The summed E-state index contributed by atoms with van der Waals surface area (Å²) in [5.74, 6) is 0.772. The molecule has 28 heavy (non-hydrogen) atoms. The summed E-state index contributed by atoms with van der Waals surface area (Å²) in [5.41, 5.74) is -0.351. The number of aliphatic hydroxyl groups is 3. The Kier molecular flexibility index (Phi) is 3.77. The molecule has 4 aliphatic rings. The van der Waals surface area contributed by atoms with E-state index >= 15 is 0 Å².